The second kappa shape index (κ2) is 9.65. The average Bonchev–Trinajstić information content (AvgIpc) is 3.70. The smallest absolute Gasteiger partial charge is 0.139 e. The molecule has 4 aromatic rings. The molecule has 3 aliphatic rings. The van der Waals surface area contributed by atoms with E-state index in [4.69, 9.17) is 15.7 Å². The number of pyridine rings is 2. The second-order valence-electron chi connectivity index (χ2n) is 11.2. The van der Waals surface area contributed by atoms with E-state index in [0.717, 1.165) is 72.7 Å². The third kappa shape index (κ3) is 4.21. The third-order valence-electron chi connectivity index (χ3n) is 8.79. The number of aromatic amines is 1. The number of hydrogen-bond donors (Lipinski definition) is 3. The Morgan fingerprint density at radius 2 is 1.87 bits per heavy atom. The lowest BCUT2D eigenvalue weighted by Gasteiger charge is -2.42. The molecule has 0 unspecified atom stereocenters. The minimum atomic E-state index is 0.0143. The molecule has 7 rings (SSSR count). The van der Waals surface area contributed by atoms with E-state index in [-0.39, 0.29) is 5.41 Å². The summed E-state index contributed by atoms with van der Waals surface area (Å²) in [6.07, 6.45) is 11.4. The standard InChI is InChI=1S/C32H35N7/c1-21(37-31(39-16-14-34-15-17-39)29-26(22-8-9-22)19-35-20-27(29)33)24-10-13-36-30-25(24)18-28(38-30)32(11-5-12-32)23-6-3-2-4-7-23/h2-4,6-7,10,13,18-20,22,34H,1,5,8-9,11-12,14-17,33H2,(H,36,38). The fourth-order valence-electron chi connectivity index (χ4n) is 6.34. The van der Waals surface area contributed by atoms with Gasteiger partial charge in [-0.05, 0) is 54.9 Å². The Kier molecular flexibility index (Phi) is 5.96. The lowest BCUT2D eigenvalue weighted by molar-refractivity contribution is 0.295. The number of piperazine rings is 1. The zero-order valence-corrected chi connectivity index (χ0v) is 22.3. The predicted octanol–water partition coefficient (Wildman–Crippen LogP) is 5.21. The van der Waals surface area contributed by atoms with Gasteiger partial charge in [-0.1, -0.05) is 43.3 Å². The summed E-state index contributed by atoms with van der Waals surface area (Å²) >= 11 is 0. The highest BCUT2D eigenvalue weighted by molar-refractivity contribution is 6.07. The Hall–Kier alpha value is -3.97. The van der Waals surface area contributed by atoms with Crippen molar-refractivity contribution >= 4 is 28.3 Å². The number of H-pyrrole nitrogens is 1. The molecule has 0 radical (unpaired) electrons. The highest BCUT2D eigenvalue weighted by atomic mass is 15.2. The van der Waals surface area contributed by atoms with Crippen molar-refractivity contribution in [1.82, 2.24) is 25.2 Å². The van der Waals surface area contributed by atoms with E-state index in [2.05, 4.69) is 63.2 Å². The minimum Gasteiger partial charge on any atom is -0.397 e. The first-order chi connectivity index (χ1) is 19.1. The molecular weight excluding hydrogens is 482 g/mol. The van der Waals surface area contributed by atoms with E-state index in [9.17, 15) is 0 Å². The normalized spacial score (nSPS) is 19.2. The molecule has 198 valence electrons. The Morgan fingerprint density at radius 3 is 2.59 bits per heavy atom. The molecule has 2 aliphatic carbocycles. The first-order valence-corrected chi connectivity index (χ1v) is 14.2. The third-order valence-corrected chi connectivity index (χ3v) is 8.79. The Bertz CT molecular complexity index is 1550. The summed E-state index contributed by atoms with van der Waals surface area (Å²) in [6.45, 7) is 8.06. The number of benzene rings is 1. The maximum absolute atomic E-state index is 6.60. The van der Waals surface area contributed by atoms with E-state index >= 15 is 0 Å². The van der Waals surface area contributed by atoms with Gasteiger partial charge in [0, 0.05) is 66.2 Å². The van der Waals surface area contributed by atoms with Crippen LogP contribution in [0, 0.1) is 0 Å². The molecule has 3 fully saturated rings. The van der Waals surface area contributed by atoms with Gasteiger partial charge in [0.05, 0.1) is 17.6 Å². The fraction of sp³-hybridized carbons (Fsp3) is 0.344. The topological polar surface area (TPSA) is 95.2 Å². The lowest BCUT2D eigenvalue weighted by atomic mass is 9.62. The number of fused-ring (bicyclic) bond motifs is 1. The summed E-state index contributed by atoms with van der Waals surface area (Å²) < 4.78 is 0. The number of nitrogens with two attached hydrogens (primary N) is 1. The molecule has 7 heteroatoms. The number of nitrogen functional groups attached to an aromatic ring is 1. The second-order valence-corrected chi connectivity index (χ2v) is 11.2. The highest BCUT2D eigenvalue weighted by Crippen LogP contribution is 2.49. The number of nitrogens with zero attached hydrogens (tertiary/aromatic N) is 4. The molecule has 0 amide bonds. The molecular formula is C32H35N7. The van der Waals surface area contributed by atoms with Crippen LogP contribution in [0.3, 0.4) is 0 Å². The van der Waals surface area contributed by atoms with Crippen molar-refractivity contribution < 1.29 is 0 Å². The van der Waals surface area contributed by atoms with Crippen molar-refractivity contribution in [2.45, 2.75) is 43.4 Å². The minimum absolute atomic E-state index is 0.0143. The van der Waals surface area contributed by atoms with Crippen molar-refractivity contribution in [2.75, 3.05) is 31.9 Å². The molecule has 0 spiro atoms. The maximum atomic E-state index is 6.60. The fourth-order valence-corrected chi connectivity index (χ4v) is 6.34. The molecule has 2 saturated carbocycles. The van der Waals surface area contributed by atoms with Crippen molar-refractivity contribution in [3.05, 3.63) is 95.6 Å². The van der Waals surface area contributed by atoms with Crippen LogP contribution in [0.1, 0.15) is 66.0 Å². The van der Waals surface area contributed by atoms with Crippen molar-refractivity contribution in [1.29, 1.82) is 0 Å². The molecule has 3 aromatic heterocycles. The van der Waals surface area contributed by atoms with Crippen LogP contribution in [0.4, 0.5) is 5.69 Å². The summed E-state index contributed by atoms with van der Waals surface area (Å²) in [5, 5.41) is 4.52. The first-order valence-electron chi connectivity index (χ1n) is 14.2. The zero-order chi connectivity index (χ0) is 26.4. The first kappa shape index (κ1) is 24.1. The van der Waals surface area contributed by atoms with Crippen LogP contribution < -0.4 is 11.1 Å². The molecule has 39 heavy (non-hydrogen) atoms. The summed E-state index contributed by atoms with van der Waals surface area (Å²) in [6, 6.07) is 15.2. The quantitative estimate of drug-likeness (QED) is 0.241. The van der Waals surface area contributed by atoms with Gasteiger partial charge in [-0.25, -0.2) is 9.98 Å². The van der Waals surface area contributed by atoms with Crippen molar-refractivity contribution in [3.8, 4) is 0 Å². The number of amidine groups is 1. The molecule has 1 aromatic carbocycles. The molecule has 0 atom stereocenters. The molecule has 4 heterocycles. The predicted molar refractivity (Wildman–Crippen MR) is 158 cm³/mol. The van der Waals surface area contributed by atoms with Crippen LogP contribution in [-0.2, 0) is 5.41 Å². The average molecular weight is 518 g/mol. The van der Waals surface area contributed by atoms with E-state index in [0.29, 0.717) is 11.6 Å². The molecule has 1 aliphatic heterocycles. The van der Waals surface area contributed by atoms with Gasteiger partial charge < -0.3 is 20.9 Å². The van der Waals surface area contributed by atoms with Gasteiger partial charge in [0.1, 0.15) is 11.5 Å². The SMILES string of the molecule is C=C(N=C(c1c(N)cncc1C1CC1)N1CCNCC1)c1ccnc2[nH]c(C3(c4ccccc4)CCC3)cc12. The summed E-state index contributed by atoms with van der Waals surface area (Å²) in [7, 11) is 0. The largest absolute Gasteiger partial charge is 0.397 e. The zero-order valence-electron chi connectivity index (χ0n) is 22.3. The van der Waals surface area contributed by atoms with Gasteiger partial charge in [0.2, 0.25) is 0 Å². The van der Waals surface area contributed by atoms with Gasteiger partial charge in [-0.15, -0.1) is 0 Å². The Labute approximate surface area is 229 Å². The van der Waals surface area contributed by atoms with Crippen LogP contribution >= 0.6 is 0 Å². The Morgan fingerprint density at radius 1 is 1.08 bits per heavy atom. The van der Waals surface area contributed by atoms with Gasteiger partial charge in [-0.3, -0.25) is 4.98 Å². The molecule has 7 nitrogen and oxygen atoms in total. The molecule has 4 N–H and O–H groups in total. The maximum Gasteiger partial charge on any atom is 0.139 e. The highest BCUT2D eigenvalue weighted by Gasteiger charge is 2.41. The number of hydrogen-bond acceptors (Lipinski definition) is 5. The van der Waals surface area contributed by atoms with E-state index in [1.54, 1.807) is 6.20 Å². The monoisotopic (exact) mass is 517 g/mol. The van der Waals surface area contributed by atoms with Crippen LogP contribution in [0.5, 0.6) is 0 Å². The summed E-state index contributed by atoms with van der Waals surface area (Å²) in [5.74, 6) is 1.41. The van der Waals surface area contributed by atoms with Crippen LogP contribution in [0.15, 0.2) is 72.6 Å². The number of anilines is 1. The summed E-state index contributed by atoms with van der Waals surface area (Å²) in [4.78, 5) is 20.4. The van der Waals surface area contributed by atoms with Gasteiger partial charge in [-0.2, -0.15) is 0 Å². The summed E-state index contributed by atoms with van der Waals surface area (Å²) in [5.41, 5.74) is 14.7. The number of aromatic nitrogens is 3. The number of nitrogens with one attached hydrogen (secondary N) is 2. The molecule has 0 bridgehead atoms. The van der Waals surface area contributed by atoms with E-state index in [1.165, 1.54) is 36.1 Å². The number of aliphatic imine (C=N–C) groups is 1. The van der Waals surface area contributed by atoms with E-state index in [1.807, 2.05) is 18.5 Å². The van der Waals surface area contributed by atoms with Crippen LogP contribution in [0.25, 0.3) is 16.7 Å². The molecule has 1 saturated heterocycles. The van der Waals surface area contributed by atoms with Gasteiger partial charge in [0.15, 0.2) is 0 Å². The van der Waals surface area contributed by atoms with Crippen LogP contribution in [0.2, 0.25) is 0 Å². The van der Waals surface area contributed by atoms with Crippen LogP contribution in [-0.4, -0.2) is 51.9 Å². The Balaban J connectivity index is 1.32. The van der Waals surface area contributed by atoms with Gasteiger partial charge >= 0.3 is 0 Å². The van der Waals surface area contributed by atoms with E-state index < -0.39 is 0 Å². The van der Waals surface area contributed by atoms with Crippen molar-refractivity contribution in [2.24, 2.45) is 4.99 Å². The number of rotatable bonds is 6. The van der Waals surface area contributed by atoms with Crippen molar-refractivity contribution in [3.63, 3.8) is 0 Å². The lowest BCUT2D eigenvalue weighted by Crippen LogP contribution is -2.47. The van der Waals surface area contributed by atoms with Gasteiger partial charge in [0.25, 0.3) is 0 Å².